The summed E-state index contributed by atoms with van der Waals surface area (Å²) in [5.74, 6) is -0.758. The van der Waals surface area contributed by atoms with Crippen molar-refractivity contribution < 1.29 is 36.8 Å². The monoisotopic (exact) mass is 564 g/mol. The lowest BCUT2D eigenvalue weighted by Crippen LogP contribution is -2.63. The molecule has 3 aliphatic carbocycles. The fraction of sp³-hybridized carbons (Fsp3) is 0.733. The Morgan fingerprint density at radius 1 is 1.10 bits per heavy atom. The Morgan fingerprint density at radius 2 is 1.74 bits per heavy atom. The number of ether oxygens (including phenoxy) is 2. The molecular formula is C30H44O8S. The topological polar surface area (TPSA) is 116 Å². The number of hydrogen-bond donors (Lipinski definition) is 1. The summed E-state index contributed by atoms with van der Waals surface area (Å²) in [6, 6.07) is 6.20. The molecule has 3 fully saturated rings. The summed E-state index contributed by atoms with van der Waals surface area (Å²) in [4.78, 5) is 27.3. The molecule has 4 rings (SSSR count). The Hall–Kier alpha value is -1.81. The molecule has 9 heteroatoms. The Kier molecular flexibility index (Phi) is 8.41. The molecule has 218 valence electrons. The molecule has 0 aliphatic heterocycles. The van der Waals surface area contributed by atoms with Crippen LogP contribution in [0, 0.1) is 40.9 Å². The Labute approximate surface area is 232 Å². The van der Waals surface area contributed by atoms with Crippen molar-refractivity contribution in [1.82, 2.24) is 0 Å². The van der Waals surface area contributed by atoms with Crippen LogP contribution in [0.2, 0.25) is 0 Å². The van der Waals surface area contributed by atoms with Crippen LogP contribution in [0.1, 0.15) is 71.8 Å². The second-order valence-electron chi connectivity index (χ2n) is 12.7. The number of carbonyl (C=O) groups is 2. The van der Waals surface area contributed by atoms with Gasteiger partial charge in [-0.3, -0.25) is 8.98 Å². The molecule has 2 bridgehead atoms. The maximum atomic E-state index is 14.1. The van der Waals surface area contributed by atoms with E-state index in [2.05, 4.69) is 13.8 Å². The number of methoxy groups -OCH3 is 1. The van der Waals surface area contributed by atoms with Gasteiger partial charge < -0.3 is 14.6 Å². The molecular weight excluding hydrogens is 520 g/mol. The predicted molar refractivity (Wildman–Crippen MR) is 145 cm³/mol. The van der Waals surface area contributed by atoms with Gasteiger partial charge in [0.05, 0.1) is 11.0 Å². The van der Waals surface area contributed by atoms with Crippen molar-refractivity contribution in [3.8, 4) is 0 Å². The third kappa shape index (κ3) is 5.09. The van der Waals surface area contributed by atoms with E-state index >= 15 is 0 Å². The minimum absolute atomic E-state index is 0.00798. The van der Waals surface area contributed by atoms with Gasteiger partial charge in [-0.1, -0.05) is 45.4 Å². The number of ketones is 1. The standard InChI is InChI=1S/C30H44O8S/c1-19-7-9-22(10-8-19)39(34,35)37-18-25(32)38-24-17-28(4,15-16-31)27(33)21(3)30-13-11-20(2)29(24,5)26(30)23(36-6)12-14-30/h7-10,20-21,23-24,26,31H,11-18H2,1-6H3/t20-,21-,23+,24+,26+,28+,29-,30-/m0/s1. The molecule has 39 heavy (non-hydrogen) atoms. The highest BCUT2D eigenvalue weighted by Crippen LogP contribution is 2.68. The molecule has 3 aliphatic rings. The van der Waals surface area contributed by atoms with Gasteiger partial charge in [0, 0.05) is 36.4 Å². The van der Waals surface area contributed by atoms with Crippen molar-refractivity contribution in [2.45, 2.75) is 90.2 Å². The van der Waals surface area contributed by atoms with Gasteiger partial charge in [-0.15, -0.1) is 0 Å². The third-order valence-electron chi connectivity index (χ3n) is 10.7. The van der Waals surface area contributed by atoms with Crippen LogP contribution >= 0.6 is 0 Å². The quantitative estimate of drug-likeness (QED) is 0.364. The zero-order valence-electron chi connectivity index (χ0n) is 24.1. The Balaban J connectivity index is 1.68. The van der Waals surface area contributed by atoms with E-state index in [4.69, 9.17) is 13.7 Å². The fourth-order valence-electron chi connectivity index (χ4n) is 8.23. The van der Waals surface area contributed by atoms with Gasteiger partial charge in [0.2, 0.25) is 0 Å². The van der Waals surface area contributed by atoms with Crippen molar-refractivity contribution in [2.75, 3.05) is 20.3 Å². The van der Waals surface area contributed by atoms with Crippen LogP contribution in [0.15, 0.2) is 29.2 Å². The van der Waals surface area contributed by atoms with Gasteiger partial charge in [0.15, 0.2) is 6.61 Å². The van der Waals surface area contributed by atoms with Crippen LogP contribution < -0.4 is 0 Å². The zero-order valence-corrected chi connectivity index (χ0v) is 24.9. The molecule has 8 atom stereocenters. The maximum Gasteiger partial charge on any atom is 0.333 e. The number of aliphatic hydroxyl groups is 1. The lowest BCUT2D eigenvalue weighted by atomic mass is 9.43. The second-order valence-corrected chi connectivity index (χ2v) is 14.3. The van der Waals surface area contributed by atoms with Crippen LogP contribution in [0.5, 0.6) is 0 Å². The summed E-state index contributed by atoms with van der Waals surface area (Å²) in [5, 5.41) is 9.94. The van der Waals surface area contributed by atoms with Crippen LogP contribution in [-0.4, -0.2) is 57.8 Å². The SMILES string of the molecule is CO[C@@H]1CC[C@@]23CC[C@H](C)[C@@](C)([C@H](OC(=O)COS(=O)(=O)c4ccc(C)cc4)C[C@@](C)(CCO)C(=O)[C@@H]2C)[C@@H]13. The molecule has 0 aromatic heterocycles. The number of benzene rings is 1. The minimum atomic E-state index is -4.15. The molecule has 0 unspecified atom stereocenters. The molecule has 8 nitrogen and oxygen atoms in total. The van der Waals surface area contributed by atoms with E-state index in [1.165, 1.54) is 12.1 Å². The zero-order chi connectivity index (χ0) is 28.8. The van der Waals surface area contributed by atoms with E-state index in [0.29, 0.717) is 0 Å². The number of rotatable bonds is 8. The van der Waals surface area contributed by atoms with Crippen LogP contribution in [0.25, 0.3) is 0 Å². The Bertz CT molecular complexity index is 1180. The van der Waals surface area contributed by atoms with Crippen molar-refractivity contribution >= 4 is 21.9 Å². The van der Waals surface area contributed by atoms with Crippen molar-refractivity contribution in [3.63, 3.8) is 0 Å². The summed E-state index contributed by atoms with van der Waals surface area (Å²) < 4.78 is 42.7. The number of esters is 1. The predicted octanol–water partition coefficient (Wildman–Crippen LogP) is 4.46. The first-order chi connectivity index (χ1) is 18.2. The van der Waals surface area contributed by atoms with E-state index in [1.807, 2.05) is 20.8 Å². The lowest BCUT2D eigenvalue weighted by Gasteiger charge is -2.61. The number of hydrogen-bond acceptors (Lipinski definition) is 8. The first-order valence-corrected chi connectivity index (χ1v) is 15.5. The van der Waals surface area contributed by atoms with Gasteiger partial charge in [0.1, 0.15) is 11.9 Å². The van der Waals surface area contributed by atoms with Gasteiger partial charge >= 0.3 is 5.97 Å². The largest absolute Gasteiger partial charge is 0.460 e. The summed E-state index contributed by atoms with van der Waals surface area (Å²) in [6.07, 6.45) is 3.24. The van der Waals surface area contributed by atoms with Crippen molar-refractivity contribution in [2.24, 2.45) is 34.0 Å². The summed E-state index contributed by atoms with van der Waals surface area (Å²) in [6.45, 7) is 9.15. The van der Waals surface area contributed by atoms with E-state index in [9.17, 15) is 23.1 Å². The highest BCUT2D eigenvalue weighted by atomic mass is 32.2. The summed E-state index contributed by atoms with van der Waals surface area (Å²) in [5.41, 5.74) is -0.798. The highest BCUT2D eigenvalue weighted by Gasteiger charge is 2.68. The van der Waals surface area contributed by atoms with Gasteiger partial charge in [-0.25, -0.2) is 4.79 Å². The third-order valence-corrected chi connectivity index (χ3v) is 12.0. The molecule has 1 aromatic carbocycles. The average molecular weight is 565 g/mol. The van der Waals surface area contributed by atoms with Gasteiger partial charge in [-0.2, -0.15) is 8.42 Å². The van der Waals surface area contributed by atoms with Gasteiger partial charge in [-0.05, 0) is 68.9 Å². The van der Waals surface area contributed by atoms with E-state index in [-0.39, 0.29) is 59.4 Å². The summed E-state index contributed by atoms with van der Waals surface area (Å²) >= 11 is 0. The average Bonchev–Trinajstić information content (AvgIpc) is 3.29. The van der Waals surface area contributed by atoms with Crippen LogP contribution in [0.4, 0.5) is 0 Å². The second kappa shape index (κ2) is 10.9. The van der Waals surface area contributed by atoms with Crippen LogP contribution in [-0.2, 0) is 33.4 Å². The molecule has 3 saturated carbocycles. The van der Waals surface area contributed by atoms with Crippen molar-refractivity contribution in [3.05, 3.63) is 29.8 Å². The molecule has 0 radical (unpaired) electrons. The first kappa shape index (κ1) is 30.2. The van der Waals surface area contributed by atoms with E-state index in [0.717, 1.165) is 31.2 Å². The maximum absolute atomic E-state index is 14.1. The molecule has 0 spiro atoms. The molecule has 0 heterocycles. The normalized spacial score (nSPS) is 38.5. The number of carbonyl (C=O) groups excluding carboxylic acids is 2. The first-order valence-electron chi connectivity index (χ1n) is 14.1. The van der Waals surface area contributed by atoms with E-state index < -0.39 is 39.6 Å². The summed E-state index contributed by atoms with van der Waals surface area (Å²) in [7, 11) is -2.44. The van der Waals surface area contributed by atoms with Gasteiger partial charge in [0.25, 0.3) is 10.1 Å². The molecule has 0 saturated heterocycles. The molecule has 1 N–H and O–H groups in total. The fourth-order valence-corrected chi connectivity index (χ4v) is 9.08. The lowest BCUT2D eigenvalue weighted by molar-refractivity contribution is -0.208. The number of Topliss-reactive ketones (excluding diaryl/α,β-unsaturated/α-hetero) is 1. The highest BCUT2D eigenvalue weighted by molar-refractivity contribution is 7.86. The minimum Gasteiger partial charge on any atom is -0.460 e. The number of aliphatic hydroxyl groups excluding tert-OH is 1. The molecule has 1 aromatic rings. The molecule has 0 amide bonds. The van der Waals surface area contributed by atoms with Crippen molar-refractivity contribution in [1.29, 1.82) is 0 Å². The number of aryl methyl sites for hydroxylation is 1. The Morgan fingerprint density at radius 3 is 2.36 bits per heavy atom. The van der Waals surface area contributed by atoms with E-state index in [1.54, 1.807) is 19.2 Å². The smallest absolute Gasteiger partial charge is 0.333 e. The van der Waals surface area contributed by atoms with Crippen LogP contribution in [0.3, 0.4) is 0 Å².